The van der Waals surface area contributed by atoms with E-state index >= 15 is 0 Å². The van der Waals surface area contributed by atoms with Gasteiger partial charge in [0.05, 0.1) is 10.5 Å². The lowest BCUT2D eigenvalue weighted by molar-refractivity contribution is -0.384. The highest BCUT2D eigenvalue weighted by Crippen LogP contribution is 2.38. The van der Waals surface area contributed by atoms with Crippen LogP contribution in [0.3, 0.4) is 0 Å². The van der Waals surface area contributed by atoms with Gasteiger partial charge in [0, 0.05) is 17.7 Å². The van der Waals surface area contributed by atoms with Gasteiger partial charge in [-0.25, -0.2) is 4.79 Å². The minimum absolute atomic E-state index is 0.0345. The number of carboxylic acids is 1. The molecule has 0 aliphatic rings. The van der Waals surface area contributed by atoms with Gasteiger partial charge < -0.3 is 15.6 Å². The first-order chi connectivity index (χ1) is 9.79. The maximum atomic E-state index is 11.1. The number of nitro benzene ring substituents is 1. The maximum Gasteiger partial charge on any atom is 0.336 e. The fourth-order valence-electron chi connectivity index (χ4n) is 1.71. The third kappa shape index (κ3) is 3.93. The van der Waals surface area contributed by atoms with Crippen molar-refractivity contribution in [3.05, 3.63) is 45.0 Å². The second kappa shape index (κ2) is 7.05. The Morgan fingerprint density at radius 2 is 2.33 bits per heavy atom. The van der Waals surface area contributed by atoms with Crippen LogP contribution in [-0.2, 0) is 0 Å². The van der Waals surface area contributed by atoms with E-state index in [1.54, 1.807) is 6.08 Å². The summed E-state index contributed by atoms with van der Waals surface area (Å²) >= 11 is 5.93. The fraction of sp³-hybridized carbons (Fsp3) is 0.308. The minimum atomic E-state index is -1.30. The van der Waals surface area contributed by atoms with Crippen molar-refractivity contribution in [3.63, 3.8) is 0 Å². The second-order valence-electron chi connectivity index (χ2n) is 4.37. The molecule has 0 amide bonds. The normalized spacial score (nSPS) is 11.8. The fourth-order valence-corrected chi connectivity index (χ4v) is 2.03. The molecule has 3 N–H and O–H groups in total. The molecule has 1 atom stereocenters. The Labute approximate surface area is 126 Å². The number of hydrogen-bond donors (Lipinski definition) is 2. The molecule has 0 radical (unpaired) electrons. The number of nitrogens with zero attached hydrogens (tertiary/aromatic N) is 1. The average Bonchev–Trinajstić information content (AvgIpc) is 2.37. The molecule has 1 aromatic rings. The summed E-state index contributed by atoms with van der Waals surface area (Å²) in [5.74, 6) is -1.34. The third-order valence-corrected chi connectivity index (χ3v) is 3.15. The van der Waals surface area contributed by atoms with Gasteiger partial charge in [-0.1, -0.05) is 17.7 Å². The van der Waals surface area contributed by atoms with E-state index < -0.39 is 16.6 Å². The summed E-state index contributed by atoms with van der Waals surface area (Å²) in [6.07, 6.45) is 2.09. The first-order valence-electron chi connectivity index (χ1n) is 5.99. The van der Waals surface area contributed by atoms with E-state index in [2.05, 4.69) is 6.58 Å². The first-order valence-corrected chi connectivity index (χ1v) is 6.37. The van der Waals surface area contributed by atoms with Crippen molar-refractivity contribution in [2.45, 2.75) is 19.4 Å². The predicted molar refractivity (Wildman–Crippen MR) is 78.1 cm³/mol. The summed E-state index contributed by atoms with van der Waals surface area (Å²) in [5, 5.41) is 19.8. The number of rotatable bonds is 7. The van der Waals surface area contributed by atoms with Crippen molar-refractivity contribution in [1.82, 2.24) is 0 Å². The Bertz CT molecular complexity index is 550. The summed E-state index contributed by atoms with van der Waals surface area (Å²) in [4.78, 5) is 21.3. The van der Waals surface area contributed by atoms with Crippen LogP contribution in [0.1, 0.15) is 22.3 Å². The molecule has 0 aromatic heterocycles. The molecule has 0 saturated heterocycles. The van der Waals surface area contributed by atoms with Crippen molar-refractivity contribution in [2.24, 2.45) is 5.73 Å². The summed E-state index contributed by atoms with van der Waals surface area (Å²) in [6, 6.07) is 0.543. The molecule has 1 rings (SSSR count). The Hall–Kier alpha value is -2.12. The van der Waals surface area contributed by atoms with Gasteiger partial charge in [-0.2, -0.15) is 0 Å². The van der Waals surface area contributed by atoms with Crippen LogP contribution in [-0.4, -0.2) is 28.6 Å². The molecule has 0 saturated carbocycles. The number of nitro groups is 1. The van der Waals surface area contributed by atoms with Gasteiger partial charge in [-0.3, -0.25) is 10.1 Å². The van der Waals surface area contributed by atoms with E-state index in [1.165, 1.54) is 6.92 Å². The summed E-state index contributed by atoms with van der Waals surface area (Å²) in [6.45, 7) is 5.04. The van der Waals surface area contributed by atoms with Gasteiger partial charge in [0.15, 0.2) is 5.02 Å². The molecule has 0 aliphatic carbocycles. The van der Waals surface area contributed by atoms with Crippen molar-refractivity contribution < 1.29 is 19.6 Å². The van der Waals surface area contributed by atoms with Crippen molar-refractivity contribution in [1.29, 1.82) is 0 Å². The molecule has 1 aromatic carbocycles. The van der Waals surface area contributed by atoms with Gasteiger partial charge in [-0.15, -0.1) is 6.58 Å². The molecule has 0 heterocycles. The average molecular weight is 315 g/mol. The zero-order valence-electron chi connectivity index (χ0n) is 11.3. The van der Waals surface area contributed by atoms with Crippen LogP contribution >= 0.6 is 11.6 Å². The molecule has 21 heavy (non-hydrogen) atoms. The van der Waals surface area contributed by atoms with E-state index in [1.807, 2.05) is 0 Å². The van der Waals surface area contributed by atoms with Crippen LogP contribution in [0.4, 0.5) is 5.69 Å². The van der Waals surface area contributed by atoms with Crippen molar-refractivity contribution in [2.75, 3.05) is 6.61 Å². The third-order valence-electron chi connectivity index (χ3n) is 2.79. The number of aromatic carboxylic acids is 1. The maximum absolute atomic E-state index is 11.1. The number of hydrogen-bond acceptors (Lipinski definition) is 5. The number of halogens is 1. The molecule has 1 unspecified atom stereocenters. The minimum Gasteiger partial charge on any atom is -0.490 e. The van der Waals surface area contributed by atoms with Gasteiger partial charge in [-0.05, 0) is 13.3 Å². The molecule has 0 aliphatic heterocycles. The van der Waals surface area contributed by atoms with Gasteiger partial charge >= 0.3 is 5.97 Å². The summed E-state index contributed by atoms with van der Waals surface area (Å²) in [7, 11) is 0. The molecular formula is C13H15ClN2O5. The molecule has 0 spiro atoms. The van der Waals surface area contributed by atoms with Crippen molar-refractivity contribution in [3.8, 4) is 5.75 Å². The first kappa shape index (κ1) is 16.9. The van der Waals surface area contributed by atoms with E-state index in [9.17, 15) is 14.9 Å². The lowest BCUT2D eigenvalue weighted by Crippen LogP contribution is -2.27. The van der Waals surface area contributed by atoms with Crippen LogP contribution in [0.5, 0.6) is 5.75 Å². The quantitative estimate of drug-likeness (QED) is 0.454. The SMILES string of the molecule is C=CCC(N)COc1c(C)c(C(=O)O)cc([N+](=O)[O-])c1Cl. The molecule has 114 valence electrons. The van der Waals surface area contributed by atoms with E-state index in [0.29, 0.717) is 6.42 Å². The van der Waals surface area contributed by atoms with Crippen LogP contribution < -0.4 is 10.5 Å². The lowest BCUT2D eigenvalue weighted by atomic mass is 10.1. The van der Waals surface area contributed by atoms with E-state index in [4.69, 9.17) is 27.2 Å². The van der Waals surface area contributed by atoms with Gasteiger partial charge in [0.1, 0.15) is 12.4 Å². The smallest absolute Gasteiger partial charge is 0.336 e. The van der Waals surface area contributed by atoms with E-state index in [0.717, 1.165) is 6.07 Å². The Morgan fingerprint density at radius 1 is 1.71 bits per heavy atom. The standard InChI is InChI=1S/C13H15ClN2O5/c1-3-4-8(15)6-21-12-7(2)9(13(17)18)5-10(11(12)14)16(19)20/h3,5,8H,1,4,6,15H2,2H3,(H,17,18). The van der Waals surface area contributed by atoms with Crippen LogP contribution in [0.2, 0.25) is 5.02 Å². The van der Waals surface area contributed by atoms with Gasteiger partial charge in [0.25, 0.3) is 5.69 Å². The topological polar surface area (TPSA) is 116 Å². The molecule has 0 fully saturated rings. The lowest BCUT2D eigenvalue weighted by Gasteiger charge is -2.15. The number of carboxylic acid groups (broad SMARTS) is 1. The number of benzene rings is 1. The van der Waals surface area contributed by atoms with Crippen LogP contribution in [0.15, 0.2) is 18.7 Å². The summed E-state index contributed by atoms with van der Waals surface area (Å²) < 4.78 is 5.39. The zero-order chi connectivity index (χ0) is 16.2. The Kier molecular flexibility index (Phi) is 5.69. The number of nitrogens with two attached hydrogens (primary N) is 1. The second-order valence-corrected chi connectivity index (χ2v) is 4.75. The van der Waals surface area contributed by atoms with Crippen LogP contribution in [0.25, 0.3) is 0 Å². The highest BCUT2D eigenvalue weighted by atomic mass is 35.5. The highest BCUT2D eigenvalue weighted by molar-refractivity contribution is 6.34. The van der Waals surface area contributed by atoms with E-state index in [-0.39, 0.29) is 34.5 Å². The Morgan fingerprint density at radius 3 is 2.81 bits per heavy atom. The molecule has 7 nitrogen and oxygen atoms in total. The highest BCUT2D eigenvalue weighted by Gasteiger charge is 2.25. The number of carbonyl (C=O) groups is 1. The summed E-state index contributed by atoms with van der Waals surface area (Å²) in [5.41, 5.74) is 5.19. The molecule has 0 bridgehead atoms. The number of ether oxygens (including phenoxy) is 1. The molecular weight excluding hydrogens is 300 g/mol. The molecule has 8 heteroatoms. The largest absolute Gasteiger partial charge is 0.490 e. The van der Waals surface area contributed by atoms with Crippen LogP contribution in [0, 0.1) is 17.0 Å². The monoisotopic (exact) mass is 314 g/mol. The van der Waals surface area contributed by atoms with Crippen molar-refractivity contribution >= 4 is 23.3 Å². The Balaban J connectivity index is 3.25. The predicted octanol–water partition coefficient (Wildman–Crippen LogP) is 2.54. The zero-order valence-corrected chi connectivity index (χ0v) is 12.1. The van der Waals surface area contributed by atoms with Gasteiger partial charge in [0.2, 0.25) is 0 Å².